The normalized spacial score (nSPS) is 13.2. The van der Waals surface area contributed by atoms with Crippen LogP contribution >= 0.6 is 0 Å². The predicted octanol–water partition coefficient (Wildman–Crippen LogP) is 3.50. The standard InChI is InChI=1S/C16H18N2O/c1-11(2)19-15-7-14(9-17-10-15)13-4-3-12-5-6-18-16(12)8-13/h3-4,7-11,18H,5-6H2,1-2H3. The Kier molecular flexibility index (Phi) is 3.11. The lowest BCUT2D eigenvalue weighted by Crippen LogP contribution is -2.05. The van der Waals surface area contributed by atoms with E-state index in [9.17, 15) is 0 Å². The summed E-state index contributed by atoms with van der Waals surface area (Å²) >= 11 is 0. The van der Waals surface area contributed by atoms with E-state index in [0.29, 0.717) is 0 Å². The van der Waals surface area contributed by atoms with Gasteiger partial charge < -0.3 is 10.1 Å². The average Bonchev–Trinajstić information content (AvgIpc) is 2.85. The maximum atomic E-state index is 5.69. The number of pyridine rings is 1. The second-order valence-corrected chi connectivity index (χ2v) is 5.12. The lowest BCUT2D eigenvalue weighted by molar-refractivity contribution is 0.241. The minimum atomic E-state index is 0.165. The molecule has 0 bridgehead atoms. The van der Waals surface area contributed by atoms with E-state index in [4.69, 9.17) is 4.74 Å². The number of hydrogen-bond donors (Lipinski definition) is 1. The number of anilines is 1. The van der Waals surface area contributed by atoms with Gasteiger partial charge in [-0.25, -0.2) is 0 Å². The Balaban J connectivity index is 1.93. The van der Waals surface area contributed by atoms with Crippen LogP contribution in [0.3, 0.4) is 0 Å². The quantitative estimate of drug-likeness (QED) is 0.910. The van der Waals surface area contributed by atoms with Gasteiger partial charge in [0.25, 0.3) is 0 Å². The van der Waals surface area contributed by atoms with Gasteiger partial charge in [0.2, 0.25) is 0 Å². The van der Waals surface area contributed by atoms with Gasteiger partial charge in [0.05, 0.1) is 12.3 Å². The first kappa shape index (κ1) is 12.0. The van der Waals surface area contributed by atoms with E-state index < -0.39 is 0 Å². The molecule has 0 saturated carbocycles. The Hall–Kier alpha value is -2.03. The molecule has 1 aromatic carbocycles. The second kappa shape index (κ2) is 4.92. The molecule has 19 heavy (non-hydrogen) atoms. The molecule has 0 aliphatic carbocycles. The first-order valence-electron chi connectivity index (χ1n) is 6.71. The lowest BCUT2D eigenvalue weighted by atomic mass is 10.0. The fraction of sp³-hybridized carbons (Fsp3) is 0.312. The number of fused-ring (bicyclic) bond motifs is 1. The molecule has 98 valence electrons. The van der Waals surface area contributed by atoms with Gasteiger partial charge in [-0.3, -0.25) is 4.98 Å². The van der Waals surface area contributed by atoms with Gasteiger partial charge in [-0.05, 0) is 43.5 Å². The number of rotatable bonds is 3. The summed E-state index contributed by atoms with van der Waals surface area (Å²) in [6.45, 7) is 5.07. The van der Waals surface area contributed by atoms with Crippen LogP contribution in [0.15, 0.2) is 36.7 Å². The van der Waals surface area contributed by atoms with E-state index in [2.05, 4.69) is 28.5 Å². The highest BCUT2D eigenvalue weighted by Gasteiger charge is 2.11. The second-order valence-electron chi connectivity index (χ2n) is 5.12. The maximum Gasteiger partial charge on any atom is 0.138 e. The van der Waals surface area contributed by atoms with Crippen molar-refractivity contribution < 1.29 is 4.74 Å². The molecule has 0 atom stereocenters. The van der Waals surface area contributed by atoms with E-state index >= 15 is 0 Å². The average molecular weight is 254 g/mol. The van der Waals surface area contributed by atoms with Crippen molar-refractivity contribution in [2.45, 2.75) is 26.4 Å². The fourth-order valence-electron chi connectivity index (χ4n) is 2.38. The van der Waals surface area contributed by atoms with Crippen molar-refractivity contribution >= 4 is 5.69 Å². The highest BCUT2D eigenvalue weighted by molar-refractivity contribution is 5.71. The molecule has 3 rings (SSSR count). The zero-order valence-corrected chi connectivity index (χ0v) is 11.3. The number of aromatic nitrogens is 1. The van der Waals surface area contributed by atoms with Gasteiger partial charge in [-0.1, -0.05) is 12.1 Å². The highest BCUT2D eigenvalue weighted by atomic mass is 16.5. The molecule has 3 nitrogen and oxygen atoms in total. The van der Waals surface area contributed by atoms with E-state index in [1.54, 1.807) is 6.20 Å². The summed E-state index contributed by atoms with van der Waals surface area (Å²) in [6.07, 6.45) is 4.92. The van der Waals surface area contributed by atoms with E-state index in [1.807, 2.05) is 26.1 Å². The lowest BCUT2D eigenvalue weighted by Gasteiger charge is -2.11. The highest BCUT2D eigenvalue weighted by Crippen LogP contribution is 2.30. The van der Waals surface area contributed by atoms with E-state index in [-0.39, 0.29) is 6.10 Å². The van der Waals surface area contributed by atoms with Crippen LogP contribution in [0.25, 0.3) is 11.1 Å². The van der Waals surface area contributed by atoms with Crippen molar-refractivity contribution in [3.05, 3.63) is 42.2 Å². The first-order valence-corrected chi connectivity index (χ1v) is 6.71. The molecule has 1 N–H and O–H groups in total. The molecule has 0 radical (unpaired) electrons. The summed E-state index contributed by atoms with van der Waals surface area (Å²) < 4.78 is 5.69. The van der Waals surface area contributed by atoms with Crippen molar-refractivity contribution in [2.75, 3.05) is 11.9 Å². The summed E-state index contributed by atoms with van der Waals surface area (Å²) in [4.78, 5) is 4.26. The molecular formula is C16H18N2O. The smallest absolute Gasteiger partial charge is 0.138 e. The minimum absolute atomic E-state index is 0.165. The van der Waals surface area contributed by atoms with Gasteiger partial charge in [-0.15, -0.1) is 0 Å². The topological polar surface area (TPSA) is 34.1 Å². The number of hydrogen-bond acceptors (Lipinski definition) is 3. The molecule has 0 amide bonds. The SMILES string of the molecule is CC(C)Oc1cncc(-c2ccc3c(c2)NCC3)c1. The van der Waals surface area contributed by atoms with Gasteiger partial charge in [0.1, 0.15) is 5.75 Å². The van der Waals surface area contributed by atoms with Gasteiger partial charge in [0, 0.05) is 24.0 Å². The van der Waals surface area contributed by atoms with Crippen molar-refractivity contribution in [1.29, 1.82) is 0 Å². The zero-order chi connectivity index (χ0) is 13.2. The van der Waals surface area contributed by atoms with Crippen LogP contribution in [0.4, 0.5) is 5.69 Å². The molecule has 0 unspecified atom stereocenters. The van der Waals surface area contributed by atoms with Crippen LogP contribution < -0.4 is 10.1 Å². The Morgan fingerprint density at radius 2 is 2.05 bits per heavy atom. The molecule has 1 aliphatic rings. The van der Waals surface area contributed by atoms with Crippen LogP contribution in [0.2, 0.25) is 0 Å². The van der Waals surface area contributed by atoms with Crippen LogP contribution in [0.5, 0.6) is 5.75 Å². The van der Waals surface area contributed by atoms with Crippen LogP contribution in [-0.4, -0.2) is 17.6 Å². The molecule has 2 heterocycles. The summed E-state index contributed by atoms with van der Waals surface area (Å²) in [5, 5.41) is 3.41. The third-order valence-corrected chi connectivity index (χ3v) is 3.24. The van der Waals surface area contributed by atoms with Gasteiger partial charge in [0.15, 0.2) is 0 Å². The largest absolute Gasteiger partial charge is 0.489 e. The van der Waals surface area contributed by atoms with Gasteiger partial charge >= 0.3 is 0 Å². The Morgan fingerprint density at radius 3 is 2.89 bits per heavy atom. The predicted molar refractivity (Wildman–Crippen MR) is 77.6 cm³/mol. The molecule has 0 fully saturated rings. The number of nitrogens with one attached hydrogen (secondary N) is 1. The number of nitrogens with zero attached hydrogens (tertiary/aromatic N) is 1. The van der Waals surface area contributed by atoms with E-state index in [0.717, 1.165) is 24.3 Å². The Morgan fingerprint density at radius 1 is 1.16 bits per heavy atom. The van der Waals surface area contributed by atoms with Crippen LogP contribution in [0.1, 0.15) is 19.4 Å². The van der Waals surface area contributed by atoms with Crippen molar-refractivity contribution in [1.82, 2.24) is 4.98 Å². The summed E-state index contributed by atoms with van der Waals surface area (Å²) in [5.41, 5.74) is 4.91. The zero-order valence-electron chi connectivity index (χ0n) is 11.3. The van der Waals surface area contributed by atoms with Crippen molar-refractivity contribution in [3.8, 4) is 16.9 Å². The van der Waals surface area contributed by atoms with Gasteiger partial charge in [-0.2, -0.15) is 0 Å². The third kappa shape index (κ3) is 2.55. The fourth-order valence-corrected chi connectivity index (χ4v) is 2.38. The Bertz CT molecular complexity index is 593. The van der Waals surface area contributed by atoms with Crippen LogP contribution in [-0.2, 0) is 6.42 Å². The van der Waals surface area contributed by atoms with E-state index in [1.165, 1.54) is 16.8 Å². The summed E-state index contributed by atoms with van der Waals surface area (Å²) in [6, 6.07) is 8.59. The van der Waals surface area contributed by atoms with Crippen molar-refractivity contribution in [3.63, 3.8) is 0 Å². The number of ether oxygens (including phenoxy) is 1. The molecule has 1 aliphatic heterocycles. The molecule has 0 saturated heterocycles. The molecular weight excluding hydrogens is 236 g/mol. The molecule has 3 heteroatoms. The summed E-state index contributed by atoms with van der Waals surface area (Å²) in [7, 11) is 0. The minimum Gasteiger partial charge on any atom is -0.489 e. The molecule has 2 aromatic rings. The maximum absolute atomic E-state index is 5.69. The van der Waals surface area contributed by atoms with Crippen molar-refractivity contribution in [2.24, 2.45) is 0 Å². The monoisotopic (exact) mass is 254 g/mol. The summed E-state index contributed by atoms with van der Waals surface area (Å²) in [5.74, 6) is 0.820. The number of benzene rings is 1. The van der Waals surface area contributed by atoms with Crippen LogP contribution in [0, 0.1) is 0 Å². The molecule has 0 spiro atoms. The first-order chi connectivity index (χ1) is 9.22. The Labute approximate surface area is 113 Å². The molecule has 1 aromatic heterocycles. The third-order valence-electron chi connectivity index (χ3n) is 3.24.